The third-order valence-electron chi connectivity index (χ3n) is 2.64. The van der Waals surface area contributed by atoms with E-state index in [9.17, 15) is 0 Å². The van der Waals surface area contributed by atoms with Crippen molar-refractivity contribution in [3.8, 4) is 0 Å². The van der Waals surface area contributed by atoms with Crippen LogP contribution in [0.5, 0.6) is 0 Å². The van der Waals surface area contributed by atoms with Gasteiger partial charge in [0.25, 0.3) is 0 Å². The molecule has 1 aromatic rings. The van der Waals surface area contributed by atoms with E-state index in [1.165, 1.54) is 6.42 Å². The summed E-state index contributed by atoms with van der Waals surface area (Å²) in [4.78, 5) is 6.25. The van der Waals surface area contributed by atoms with Gasteiger partial charge in [0, 0.05) is 25.9 Å². The Balaban J connectivity index is 1.84. The third-order valence-corrected chi connectivity index (χ3v) is 2.64. The summed E-state index contributed by atoms with van der Waals surface area (Å²) in [5, 5.41) is 11.5. The van der Waals surface area contributed by atoms with Crippen LogP contribution < -0.4 is 0 Å². The molecule has 15 heavy (non-hydrogen) atoms. The molecule has 0 atom stereocenters. The highest BCUT2D eigenvalue weighted by Crippen LogP contribution is 2.11. The highest BCUT2D eigenvalue weighted by atomic mass is 16.5. The first kappa shape index (κ1) is 10.1. The van der Waals surface area contributed by atoms with Gasteiger partial charge in [0.05, 0.1) is 5.84 Å². The normalized spacial score (nSPS) is 17.1. The number of amidine groups is 1. The molecule has 1 N–H and O–H groups in total. The van der Waals surface area contributed by atoms with Crippen LogP contribution in [0.1, 0.15) is 31.0 Å². The number of rotatable bonds is 3. The Morgan fingerprint density at radius 2 is 2.33 bits per heavy atom. The predicted octanol–water partition coefficient (Wildman–Crippen LogP) is 1.38. The van der Waals surface area contributed by atoms with Gasteiger partial charge in [-0.2, -0.15) is 4.98 Å². The van der Waals surface area contributed by atoms with Crippen LogP contribution in [0.25, 0.3) is 0 Å². The summed E-state index contributed by atoms with van der Waals surface area (Å²) in [7, 11) is 0. The fraction of sp³-hybridized carbons (Fsp3) is 0.700. The Labute approximate surface area is 89.0 Å². The number of nitrogens with zero attached hydrogens (tertiary/aromatic N) is 3. The maximum atomic E-state index is 7.78. The number of aromatic nitrogens is 2. The van der Waals surface area contributed by atoms with Gasteiger partial charge in [0.15, 0.2) is 5.82 Å². The van der Waals surface area contributed by atoms with Crippen molar-refractivity contribution < 1.29 is 4.52 Å². The Bertz CT molecular complexity index is 347. The predicted molar refractivity (Wildman–Crippen MR) is 55.9 cm³/mol. The number of likely N-dealkylation sites (tertiary alicyclic amines) is 1. The highest BCUT2D eigenvalue weighted by Gasteiger charge is 2.15. The molecule has 5 heteroatoms. The quantitative estimate of drug-likeness (QED) is 0.815. The van der Waals surface area contributed by atoms with Crippen LogP contribution in [0.3, 0.4) is 0 Å². The number of nitrogens with one attached hydrogen (secondary N) is 1. The van der Waals surface area contributed by atoms with Crippen LogP contribution in [-0.2, 0) is 6.42 Å². The fourth-order valence-electron chi connectivity index (χ4n) is 1.81. The van der Waals surface area contributed by atoms with Crippen molar-refractivity contribution >= 4 is 5.84 Å². The molecule has 0 amide bonds. The van der Waals surface area contributed by atoms with Crippen LogP contribution >= 0.6 is 0 Å². The Morgan fingerprint density at radius 3 is 3.00 bits per heavy atom. The zero-order chi connectivity index (χ0) is 10.7. The molecule has 2 rings (SSSR count). The molecule has 0 saturated carbocycles. The van der Waals surface area contributed by atoms with Crippen LogP contribution in [-0.4, -0.2) is 34.0 Å². The van der Waals surface area contributed by atoms with E-state index in [4.69, 9.17) is 9.93 Å². The largest absolute Gasteiger partial charge is 0.360 e. The minimum Gasteiger partial charge on any atom is -0.360 e. The first-order chi connectivity index (χ1) is 7.25. The smallest absolute Gasteiger partial charge is 0.228 e. The van der Waals surface area contributed by atoms with Gasteiger partial charge < -0.3 is 9.42 Å². The second-order valence-electron chi connectivity index (χ2n) is 3.88. The molecule has 0 unspecified atom stereocenters. The van der Waals surface area contributed by atoms with Crippen LogP contribution in [0.4, 0.5) is 0 Å². The maximum absolute atomic E-state index is 7.78. The lowest BCUT2D eigenvalue weighted by atomic mass is 10.1. The maximum Gasteiger partial charge on any atom is 0.228 e. The molecule has 1 aliphatic heterocycles. The van der Waals surface area contributed by atoms with Gasteiger partial charge in [-0.15, -0.1) is 0 Å². The SMILES string of the molecule is Cc1noc(CCN2CCCCC2=N)n1. The van der Waals surface area contributed by atoms with Crippen molar-refractivity contribution in [1.82, 2.24) is 15.0 Å². The summed E-state index contributed by atoms with van der Waals surface area (Å²) in [6.45, 7) is 3.63. The van der Waals surface area contributed by atoms with Crippen LogP contribution in [0.2, 0.25) is 0 Å². The van der Waals surface area contributed by atoms with Crippen molar-refractivity contribution in [3.05, 3.63) is 11.7 Å². The van der Waals surface area contributed by atoms with E-state index in [1.54, 1.807) is 0 Å². The van der Waals surface area contributed by atoms with E-state index >= 15 is 0 Å². The highest BCUT2D eigenvalue weighted by molar-refractivity contribution is 5.79. The van der Waals surface area contributed by atoms with Crippen molar-refractivity contribution in [3.63, 3.8) is 0 Å². The van der Waals surface area contributed by atoms with Crippen LogP contribution in [0, 0.1) is 12.3 Å². The second-order valence-corrected chi connectivity index (χ2v) is 3.88. The van der Waals surface area contributed by atoms with Gasteiger partial charge in [-0.1, -0.05) is 5.16 Å². The molecule has 1 saturated heterocycles. The van der Waals surface area contributed by atoms with Crippen molar-refractivity contribution in [2.75, 3.05) is 13.1 Å². The topological polar surface area (TPSA) is 66.0 Å². The summed E-state index contributed by atoms with van der Waals surface area (Å²) in [5.74, 6) is 2.10. The Kier molecular flexibility index (Phi) is 2.99. The number of piperidine rings is 1. The summed E-state index contributed by atoms with van der Waals surface area (Å²) >= 11 is 0. The molecule has 0 spiro atoms. The van der Waals surface area contributed by atoms with Crippen LogP contribution in [0.15, 0.2) is 4.52 Å². The van der Waals surface area contributed by atoms with Gasteiger partial charge in [-0.3, -0.25) is 5.41 Å². The number of hydrogen-bond donors (Lipinski definition) is 1. The summed E-state index contributed by atoms with van der Waals surface area (Å²) in [5.41, 5.74) is 0. The molecule has 5 nitrogen and oxygen atoms in total. The van der Waals surface area contributed by atoms with Gasteiger partial charge in [0.2, 0.25) is 5.89 Å². The second kappa shape index (κ2) is 4.42. The minimum atomic E-state index is 0.672. The van der Waals surface area contributed by atoms with E-state index in [0.717, 1.165) is 38.2 Å². The Morgan fingerprint density at radius 1 is 1.47 bits per heavy atom. The molecular weight excluding hydrogens is 192 g/mol. The fourth-order valence-corrected chi connectivity index (χ4v) is 1.81. The number of hydrogen-bond acceptors (Lipinski definition) is 4. The lowest BCUT2D eigenvalue weighted by molar-refractivity contribution is 0.330. The van der Waals surface area contributed by atoms with Gasteiger partial charge in [0.1, 0.15) is 0 Å². The van der Waals surface area contributed by atoms with E-state index in [-0.39, 0.29) is 0 Å². The van der Waals surface area contributed by atoms with E-state index in [1.807, 2.05) is 6.92 Å². The lowest BCUT2D eigenvalue weighted by Crippen LogP contribution is -2.36. The lowest BCUT2D eigenvalue weighted by Gasteiger charge is -2.28. The first-order valence-electron chi connectivity index (χ1n) is 5.37. The molecule has 1 fully saturated rings. The zero-order valence-corrected chi connectivity index (χ0v) is 8.99. The molecule has 1 aromatic heterocycles. The zero-order valence-electron chi connectivity index (χ0n) is 8.99. The third kappa shape index (κ3) is 2.55. The minimum absolute atomic E-state index is 0.672. The molecule has 0 aromatic carbocycles. The van der Waals surface area contributed by atoms with E-state index in [2.05, 4.69) is 15.0 Å². The monoisotopic (exact) mass is 208 g/mol. The summed E-state index contributed by atoms with van der Waals surface area (Å²) < 4.78 is 5.03. The molecule has 2 heterocycles. The van der Waals surface area contributed by atoms with E-state index in [0.29, 0.717) is 11.7 Å². The Hall–Kier alpha value is -1.39. The molecule has 0 radical (unpaired) electrons. The molecule has 0 aliphatic carbocycles. The molecule has 82 valence electrons. The number of aryl methyl sites for hydroxylation is 1. The average molecular weight is 208 g/mol. The van der Waals surface area contributed by atoms with Gasteiger partial charge in [-0.25, -0.2) is 0 Å². The van der Waals surface area contributed by atoms with Gasteiger partial charge >= 0.3 is 0 Å². The van der Waals surface area contributed by atoms with Crippen molar-refractivity contribution in [2.45, 2.75) is 32.6 Å². The van der Waals surface area contributed by atoms with Gasteiger partial charge in [-0.05, 0) is 19.8 Å². The summed E-state index contributed by atoms with van der Waals surface area (Å²) in [6, 6.07) is 0. The molecular formula is C10H16N4O. The van der Waals surface area contributed by atoms with E-state index < -0.39 is 0 Å². The molecule has 0 bridgehead atoms. The first-order valence-corrected chi connectivity index (χ1v) is 5.37. The molecule has 1 aliphatic rings. The standard InChI is InChI=1S/C10H16N4O/c1-8-12-10(15-13-8)5-7-14-6-3-2-4-9(14)11/h11H,2-7H2,1H3. The van der Waals surface area contributed by atoms with Crippen molar-refractivity contribution in [2.24, 2.45) is 0 Å². The average Bonchev–Trinajstić information content (AvgIpc) is 2.63. The van der Waals surface area contributed by atoms with Crippen molar-refractivity contribution in [1.29, 1.82) is 5.41 Å². The summed E-state index contributed by atoms with van der Waals surface area (Å²) in [6.07, 6.45) is 3.98.